The molecule has 5 rings (SSSR count). The van der Waals surface area contributed by atoms with E-state index >= 15 is 0 Å². The molecule has 0 radical (unpaired) electrons. The number of rotatable bonds is 4. The number of carboxylic acid groups (broad SMARTS) is 1. The van der Waals surface area contributed by atoms with Crippen LogP contribution in [-0.4, -0.2) is 34.2 Å². The standard InChI is InChI=1S/C26H15Cl2F2NO6/c27-17-6-5-11(7-18(17)28)21-19(24(34)31-14-9-12(29)8-13(30)10-14)20(25(35)36)26(37-21)22(32)15-3-1-2-4-16(15)23(26)33/h1-10,19-21H,(H,31,34)(H,35,36). The monoisotopic (exact) mass is 545 g/mol. The van der Waals surface area contributed by atoms with Crippen molar-refractivity contribution in [3.05, 3.63) is 99.0 Å². The summed E-state index contributed by atoms with van der Waals surface area (Å²) in [5, 5.41) is 12.8. The van der Waals surface area contributed by atoms with E-state index in [-0.39, 0.29) is 32.4 Å². The molecular formula is C26H15Cl2F2NO6. The van der Waals surface area contributed by atoms with Crippen LogP contribution >= 0.6 is 23.2 Å². The molecule has 37 heavy (non-hydrogen) atoms. The lowest BCUT2D eigenvalue weighted by Gasteiger charge is -2.25. The van der Waals surface area contributed by atoms with Crippen LogP contribution in [0.3, 0.4) is 0 Å². The van der Waals surface area contributed by atoms with E-state index in [9.17, 15) is 33.1 Å². The maximum absolute atomic E-state index is 13.8. The summed E-state index contributed by atoms with van der Waals surface area (Å²) in [4.78, 5) is 53.3. The van der Waals surface area contributed by atoms with Crippen LogP contribution in [0.4, 0.5) is 14.5 Å². The van der Waals surface area contributed by atoms with Crippen molar-refractivity contribution in [1.29, 1.82) is 0 Å². The number of ether oxygens (including phenoxy) is 1. The highest BCUT2D eigenvalue weighted by Crippen LogP contribution is 2.54. The molecule has 1 saturated heterocycles. The van der Waals surface area contributed by atoms with E-state index < -0.39 is 58.6 Å². The molecule has 1 heterocycles. The fourth-order valence-electron chi connectivity index (χ4n) is 4.98. The summed E-state index contributed by atoms with van der Waals surface area (Å²) >= 11 is 12.1. The molecule has 3 atom stereocenters. The fraction of sp³-hybridized carbons (Fsp3) is 0.154. The second kappa shape index (κ2) is 9.02. The highest BCUT2D eigenvalue weighted by molar-refractivity contribution is 6.42. The number of carbonyl (C=O) groups excluding carboxylic acids is 3. The van der Waals surface area contributed by atoms with Crippen LogP contribution in [0.25, 0.3) is 0 Å². The van der Waals surface area contributed by atoms with E-state index in [0.29, 0.717) is 6.07 Å². The van der Waals surface area contributed by atoms with Gasteiger partial charge in [-0.3, -0.25) is 19.2 Å². The van der Waals surface area contributed by atoms with Crippen molar-refractivity contribution in [1.82, 2.24) is 0 Å². The predicted octanol–water partition coefficient (Wildman–Crippen LogP) is 5.12. The Labute approximate surface area is 217 Å². The molecule has 1 fully saturated rings. The third-order valence-corrected chi connectivity index (χ3v) is 7.24. The average molecular weight is 546 g/mol. The molecule has 3 aromatic carbocycles. The summed E-state index contributed by atoms with van der Waals surface area (Å²) in [5.74, 6) is -10.1. The number of ketones is 2. The average Bonchev–Trinajstić information content (AvgIpc) is 3.31. The molecule has 0 saturated carbocycles. The van der Waals surface area contributed by atoms with Gasteiger partial charge in [-0.2, -0.15) is 0 Å². The van der Waals surface area contributed by atoms with Gasteiger partial charge in [-0.25, -0.2) is 8.78 Å². The molecule has 1 spiro atoms. The van der Waals surface area contributed by atoms with E-state index in [1.54, 1.807) is 0 Å². The number of anilines is 1. The predicted molar refractivity (Wildman–Crippen MR) is 128 cm³/mol. The van der Waals surface area contributed by atoms with E-state index in [0.717, 1.165) is 12.1 Å². The van der Waals surface area contributed by atoms with Crippen molar-refractivity contribution in [2.75, 3.05) is 5.32 Å². The molecule has 0 bridgehead atoms. The Bertz CT molecular complexity index is 1450. The van der Waals surface area contributed by atoms with Gasteiger partial charge in [0.05, 0.1) is 22.1 Å². The highest BCUT2D eigenvalue weighted by atomic mass is 35.5. The number of amides is 1. The maximum atomic E-state index is 13.8. The summed E-state index contributed by atoms with van der Waals surface area (Å²) < 4.78 is 33.5. The summed E-state index contributed by atoms with van der Waals surface area (Å²) in [6.07, 6.45) is -1.46. The Morgan fingerprint density at radius 3 is 2.03 bits per heavy atom. The van der Waals surface area contributed by atoms with Crippen molar-refractivity contribution in [2.45, 2.75) is 11.7 Å². The lowest BCUT2D eigenvalue weighted by atomic mass is 9.75. The molecule has 3 unspecified atom stereocenters. The van der Waals surface area contributed by atoms with Crippen LogP contribution in [0, 0.1) is 23.5 Å². The Hall–Kier alpha value is -3.66. The number of fused-ring (bicyclic) bond motifs is 1. The van der Waals surface area contributed by atoms with Gasteiger partial charge in [-0.1, -0.05) is 53.5 Å². The fourth-order valence-corrected chi connectivity index (χ4v) is 5.29. The van der Waals surface area contributed by atoms with Crippen molar-refractivity contribution < 1.29 is 37.8 Å². The Kier molecular flexibility index (Phi) is 6.10. The molecule has 1 aliphatic carbocycles. The zero-order valence-corrected chi connectivity index (χ0v) is 20.0. The van der Waals surface area contributed by atoms with Crippen LogP contribution < -0.4 is 5.32 Å². The number of hydrogen-bond acceptors (Lipinski definition) is 5. The lowest BCUT2D eigenvalue weighted by Crippen LogP contribution is -2.52. The van der Waals surface area contributed by atoms with Crippen LogP contribution in [0.5, 0.6) is 0 Å². The Morgan fingerprint density at radius 2 is 1.49 bits per heavy atom. The van der Waals surface area contributed by atoms with E-state index in [4.69, 9.17) is 27.9 Å². The zero-order chi connectivity index (χ0) is 26.6. The molecule has 2 N–H and O–H groups in total. The van der Waals surface area contributed by atoms with E-state index in [1.807, 2.05) is 0 Å². The minimum absolute atomic E-state index is 0.0418. The number of nitrogens with one attached hydrogen (secondary N) is 1. The largest absolute Gasteiger partial charge is 0.481 e. The third kappa shape index (κ3) is 3.90. The van der Waals surface area contributed by atoms with Gasteiger partial charge in [0.1, 0.15) is 17.6 Å². The molecule has 188 valence electrons. The van der Waals surface area contributed by atoms with Crippen LogP contribution in [-0.2, 0) is 14.3 Å². The van der Waals surface area contributed by atoms with Gasteiger partial charge in [0.25, 0.3) is 0 Å². The lowest BCUT2D eigenvalue weighted by molar-refractivity contribution is -0.147. The van der Waals surface area contributed by atoms with Gasteiger partial charge in [-0.05, 0) is 29.8 Å². The Balaban J connectivity index is 1.67. The Morgan fingerprint density at radius 1 is 0.892 bits per heavy atom. The quantitative estimate of drug-likeness (QED) is 0.440. The second-order valence-electron chi connectivity index (χ2n) is 8.64. The molecule has 1 aliphatic heterocycles. The van der Waals surface area contributed by atoms with Gasteiger partial charge >= 0.3 is 5.97 Å². The number of hydrogen-bond donors (Lipinski definition) is 2. The van der Waals surface area contributed by atoms with Crippen molar-refractivity contribution >= 4 is 52.3 Å². The molecule has 0 aromatic heterocycles. The van der Waals surface area contributed by atoms with Crippen molar-refractivity contribution in [3.8, 4) is 0 Å². The topological polar surface area (TPSA) is 110 Å². The number of carboxylic acids is 1. The third-order valence-electron chi connectivity index (χ3n) is 6.50. The summed E-state index contributed by atoms with van der Waals surface area (Å²) in [7, 11) is 0. The molecule has 7 nitrogen and oxygen atoms in total. The molecule has 11 heteroatoms. The minimum Gasteiger partial charge on any atom is -0.481 e. The molecule has 1 amide bonds. The summed E-state index contributed by atoms with van der Waals surface area (Å²) in [6.45, 7) is 0. The van der Waals surface area contributed by atoms with Crippen LogP contribution in [0.15, 0.2) is 60.7 Å². The van der Waals surface area contributed by atoms with Gasteiger partial charge < -0.3 is 15.2 Å². The molecule has 3 aromatic rings. The van der Waals surface area contributed by atoms with Gasteiger partial charge in [0.2, 0.25) is 23.1 Å². The van der Waals surface area contributed by atoms with Crippen LogP contribution in [0.2, 0.25) is 10.0 Å². The number of halogens is 4. The highest BCUT2D eigenvalue weighted by Gasteiger charge is 2.71. The van der Waals surface area contributed by atoms with Crippen molar-refractivity contribution in [3.63, 3.8) is 0 Å². The van der Waals surface area contributed by atoms with Gasteiger partial charge in [0, 0.05) is 22.9 Å². The van der Waals surface area contributed by atoms with E-state index in [2.05, 4.69) is 5.32 Å². The number of carbonyl (C=O) groups is 4. The van der Waals surface area contributed by atoms with Crippen molar-refractivity contribution in [2.24, 2.45) is 11.8 Å². The first-order chi connectivity index (χ1) is 17.5. The van der Waals surface area contributed by atoms with E-state index in [1.165, 1.54) is 42.5 Å². The number of Topliss-reactive ketones (excluding diaryl/α,β-unsaturated/α-hetero) is 2. The number of benzene rings is 3. The molecule has 2 aliphatic rings. The first-order valence-corrected chi connectivity index (χ1v) is 11.6. The zero-order valence-electron chi connectivity index (χ0n) is 18.5. The number of aliphatic carboxylic acids is 1. The van der Waals surface area contributed by atoms with Crippen LogP contribution in [0.1, 0.15) is 32.4 Å². The first-order valence-electron chi connectivity index (χ1n) is 10.9. The molecular weight excluding hydrogens is 531 g/mol. The smallest absolute Gasteiger partial charge is 0.311 e. The first kappa shape index (κ1) is 25.0. The second-order valence-corrected chi connectivity index (χ2v) is 9.45. The minimum atomic E-state index is -2.55. The summed E-state index contributed by atoms with van der Waals surface area (Å²) in [6, 6.07) is 12.1. The van der Waals surface area contributed by atoms with Gasteiger partial charge in [0.15, 0.2) is 0 Å². The van der Waals surface area contributed by atoms with Gasteiger partial charge in [-0.15, -0.1) is 0 Å². The maximum Gasteiger partial charge on any atom is 0.311 e. The summed E-state index contributed by atoms with van der Waals surface area (Å²) in [5.41, 5.74) is -2.77. The normalized spacial score (nSPS) is 21.8. The SMILES string of the molecule is O=C(Nc1cc(F)cc(F)c1)C1C(c2ccc(Cl)c(Cl)c2)OC2(C(=O)c3ccccc3C2=O)C1C(=O)O.